The highest BCUT2D eigenvalue weighted by molar-refractivity contribution is 6.10. The molecule has 3 rings (SSSR count). The van der Waals surface area contributed by atoms with Gasteiger partial charge in [0.05, 0.1) is 19.9 Å². The average molecular weight is 318 g/mol. The first-order chi connectivity index (χ1) is 11.2. The molecule has 1 aromatic rings. The van der Waals surface area contributed by atoms with Crippen LogP contribution in [0.25, 0.3) is 0 Å². The largest absolute Gasteiger partial charge is 0.497 e. The summed E-state index contributed by atoms with van der Waals surface area (Å²) in [6, 6.07) is 5.34. The standard InChI is InChI=1S/C17H22N2O4/c1-22-12-5-6-14(15(11-12)23-2)19-10-7-13(17(19)21)16(20)18-8-3-4-9-18/h5-6,11,13H,3-4,7-10H2,1-2H3. The fourth-order valence-electron chi connectivity index (χ4n) is 3.31. The normalized spacial score (nSPS) is 21.0. The molecule has 0 saturated carbocycles. The van der Waals surface area contributed by atoms with Crippen LogP contribution >= 0.6 is 0 Å². The molecule has 1 aromatic carbocycles. The molecule has 2 aliphatic rings. The number of anilines is 1. The maximum atomic E-state index is 12.7. The lowest BCUT2D eigenvalue weighted by atomic mass is 10.1. The van der Waals surface area contributed by atoms with Crippen molar-refractivity contribution in [2.75, 3.05) is 38.8 Å². The van der Waals surface area contributed by atoms with Gasteiger partial charge in [0.15, 0.2) is 0 Å². The predicted molar refractivity (Wildman–Crippen MR) is 85.8 cm³/mol. The van der Waals surface area contributed by atoms with Gasteiger partial charge in [-0.25, -0.2) is 0 Å². The summed E-state index contributed by atoms with van der Waals surface area (Å²) in [5.74, 6) is 0.529. The predicted octanol–water partition coefficient (Wildman–Crippen LogP) is 1.68. The van der Waals surface area contributed by atoms with Gasteiger partial charge < -0.3 is 19.3 Å². The summed E-state index contributed by atoms with van der Waals surface area (Å²) >= 11 is 0. The Labute approximate surface area is 136 Å². The zero-order chi connectivity index (χ0) is 16.4. The van der Waals surface area contributed by atoms with Crippen molar-refractivity contribution in [3.63, 3.8) is 0 Å². The number of amides is 2. The van der Waals surface area contributed by atoms with Gasteiger partial charge in [0.2, 0.25) is 11.8 Å². The Morgan fingerprint density at radius 1 is 1.13 bits per heavy atom. The zero-order valence-electron chi connectivity index (χ0n) is 13.6. The Morgan fingerprint density at radius 3 is 2.52 bits per heavy atom. The van der Waals surface area contributed by atoms with Crippen molar-refractivity contribution >= 4 is 17.5 Å². The Hall–Kier alpha value is -2.24. The van der Waals surface area contributed by atoms with Crippen molar-refractivity contribution in [2.24, 2.45) is 5.92 Å². The van der Waals surface area contributed by atoms with Crippen molar-refractivity contribution in [3.05, 3.63) is 18.2 Å². The lowest BCUT2D eigenvalue weighted by Crippen LogP contribution is -2.38. The fourth-order valence-corrected chi connectivity index (χ4v) is 3.31. The first-order valence-electron chi connectivity index (χ1n) is 7.98. The third-order valence-electron chi connectivity index (χ3n) is 4.60. The highest BCUT2D eigenvalue weighted by Gasteiger charge is 2.40. The van der Waals surface area contributed by atoms with Crippen molar-refractivity contribution in [1.82, 2.24) is 4.90 Å². The number of hydrogen-bond donors (Lipinski definition) is 0. The van der Waals surface area contributed by atoms with Crippen LogP contribution in [0, 0.1) is 5.92 Å². The van der Waals surface area contributed by atoms with E-state index in [0.717, 1.165) is 25.9 Å². The van der Waals surface area contributed by atoms with Gasteiger partial charge in [-0.15, -0.1) is 0 Å². The molecule has 1 atom stereocenters. The number of ether oxygens (including phenoxy) is 2. The molecule has 0 N–H and O–H groups in total. The second kappa shape index (κ2) is 6.48. The van der Waals surface area contributed by atoms with Gasteiger partial charge in [-0.3, -0.25) is 9.59 Å². The van der Waals surface area contributed by atoms with Gasteiger partial charge >= 0.3 is 0 Å². The Bertz CT molecular complexity index is 611. The average Bonchev–Trinajstić information content (AvgIpc) is 3.23. The molecule has 2 heterocycles. The number of benzene rings is 1. The second-order valence-corrected chi connectivity index (χ2v) is 5.90. The van der Waals surface area contributed by atoms with Crippen LogP contribution in [0.3, 0.4) is 0 Å². The second-order valence-electron chi connectivity index (χ2n) is 5.90. The number of rotatable bonds is 4. The molecule has 2 saturated heterocycles. The SMILES string of the molecule is COc1ccc(N2CCC(C(=O)N3CCCC3)C2=O)c(OC)c1. The molecule has 0 aromatic heterocycles. The molecule has 2 fully saturated rings. The summed E-state index contributed by atoms with van der Waals surface area (Å²) in [4.78, 5) is 28.7. The fraction of sp³-hybridized carbons (Fsp3) is 0.529. The minimum absolute atomic E-state index is 0.0255. The van der Waals surface area contributed by atoms with Crippen LogP contribution in [0.15, 0.2) is 18.2 Å². The Kier molecular flexibility index (Phi) is 4.41. The number of hydrogen-bond acceptors (Lipinski definition) is 4. The summed E-state index contributed by atoms with van der Waals surface area (Å²) in [7, 11) is 3.14. The summed E-state index contributed by atoms with van der Waals surface area (Å²) in [5, 5.41) is 0. The molecule has 0 radical (unpaired) electrons. The third-order valence-corrected chi connectivity index (χ3v) is 4.60. The molecule has 6 nitrogen and oxygen atoms in total. The van der Waals surface area contributed by atoms with E-state index in [1.165, 1.54) is 0 Å². The van der Waals surface area contributed by atoms with Crippen LogP contribution in [-0.4, -0.2) is 50.6 Å². The van der Waals surface area contributed by atoms with E-state index in [2.05, 4.69) is 0 Å². The van der Waals surface area contributed by atoms with E-state index in [1.54, 1.807) is 37.3 Å². The van der Waals surface area contributed by atoms with Crippen molar-refractivity contribution < 1.29 is 19.1 Å². The third kappa shape index (κ3) is 2.85. The van der Waals surface area contributed by atoms with Crippen LogP contribution in [0.2, 0.25) is 0 Å². The quantitative estimate of drug-likeness (QED) is 0.793. The number of carbonyl (C=O) groups is 2. The molecule has 2 aliphatic heterocycles. The highest BCUT2D eigenvalue weighted by atomic mass is 16.5. The van der Waals surface area contributed by atoms with Gasteiger partial charge in [0.1, 0.15) is 17.4 Å². The van der Waals surface area contributed by atoms with Crippen molar-refractivity contribution in [1.29, 1.82) is 0 Å². The van der Waals surface area contributed by atoms with Crippen molar-refractivity contribution in [3.8, 4) is 11.5 Å². The van der Waals surface area contributed by atoms with Gasteiger partial charge in [-0.2, -0.15) is 0 Å². The molecule has 23 heavy (non-hydrogen) atoms. The number of nitrogens with zero attached hydrogens (tertiary/aromatic N) is 2. The molecule has 124 valence electrons. The van der Waals surface area contributed by atoms with Crippen LogP contribution < -0.4 is 14.4 Å². The molecular formula is C17H22N2O4. The lowest BCUT2D eigenvalue weighted by Gasteiger charge is -2.22. The lowest BCUT2D eigenvalue weighted by molar-refractivity contribution is -0.139. The van der Waals surface area contributed by atoms with Gasteiger partial charge in [0.25, 0.3) is 0 Å². The van der Waals surface area contributed by atoms with E-state index in [0.29, 0.717) is 30.2 Å². The molecular weight excluding hydrogens is 296 g/mol. The van der Waals surface area contributed by atoms with Crippen LogP contribution in [0.1, 0.15) is 19.3 Å². The molecule has 0 aliphatic carbocycles. The Morgan fingerprint density at radius 2 is 1.87 bits per heavy atom. The summed E-state index contributed by atoms with van der Waals surface area (Å²) in [5.41, 5.74) is 0.690. The molecule has 1 unspecified atom stereocenters. The summed E-state index contributed by atoms with van der Waals surface area (Å²) < 4.78 is 10.6. The highest BCUT2D eigenvalue weighted by Crippen LogP contribution is 2.36. The van der Waals surface area contributed by atoms with E-state index >= 15 is 0 Å². The Balaban J connectivity index is 1.80. The number of carbonyl (C=O) groups excluding carboxylic acids is 2. The molecule has 2 amide bonds. The number of methoxy groups -OCH3 is 2. The number of likely N-dealkylation sites (tertiary alicyclic amines) is 1. The summed E-state index contributed by atoms with van der Waals surface area (Å²) in [6.45, 7) is 2.08. The van der Waals surface area contributed by atoms with Crippen LogP contribution in [-0.2, 0) is 9.59 Å². The smallest absolute Gasteiger partial charge is 0.239 e. The van der Waals surface area contributed by atoms with E-state index in [1.807, 2.05) is 4.90 Å². The van der Waals surface area contributed by atoms with Crippen LogP contribution in [0.5, 0.6) is 11.5 Å². The van der Waals surface area contributed by atoms with E-state index in [9.17, 15) is 9.59 Å². The maximum absolute atomic E-state index is 12.7. The molecule has 0 spiro atoms. The molecule has 0 bridgehead atoms. The maximum Gasteiger partial charge on any atom is 0.239 e. The minimum atomic E-state index is -0.556. The topological polar surface area (TPSA) is 59.1 Å². The van der Waals surface area contributed by atoms with E-state index in [-0.39, 0.29) is 11.8 Å². The van der Waals surface area contributed by atoms with E-state index < -0.39 is 5.92 Å². The summed E-state index contributed by atoms with van der Waals surface area (Å²) in [6.07, 6.45) is 2.62. The zero-order valence-corrected chi connectivity index (χ0v) is 13.6. The first kappa shape index (κ1) is 15.6. The first-order valence-corrected chi connectivity index (χ1v) is 7.98. The van der Waals surface area contributed by atoms with Crippen molar-refractivity contribution in [2.45, 2.75) is 19.3 Å². The van der Waals surface area contributed by atoms with Gasteiger partial charge in [-0.05, 0) is 31.4 Å². The van der Waals surface area contributed by atoms with E-state index in [4.69, 9.17) is 9.47 Å². The van der Waals surface area contributed by atoms with Gasteiger partial charge in [0, 0.05) is 25.7 Å². The molecule has 6 heteroatoms. The minimum Gasteiger partial charge on any atom is -0.497 e. The van der Waals surface area contributed by atoms with Crippen LogP contribution in [0.4, 0.5) is 5.69 Å². The van der Waals surface area contributed by atoms with Gasteiger partial charge in [-0.1, -0.05) is 0 Å². The monoisotopic (exact) mass is 318 g/mol.